The van der Waals surface area contributed by atoms with Crippen LogP contribution in [0.4, 0.5) is 0 Å². The van der Waals surface area contributed by atoms with Gasteiger partial charge in [0.15, 0.2) is 0 Å². The van der Waals surface area contributed by atoms with Gasteiger partial charge in [-0.1, -0.05) is 39.0 Å². The summed E-state index contributed by atoms with van der Waals surface area (Å²) in [6, 6.07) is 6.70. The van der Waals surface area contributed by atoms with E-state index in [9.17, 15) is 0 Å². The second-order valence-corrected chi connectivity index (χ2v) is 4.81. The van der Waals surface area contributed by atoms with Gasteiger partial charge in [0.25, 0.3) is 0 Å². The molecule has 0 radical (unpaired) electrons. The summed E-state index contributed by atoms with van der Waals surface area (Å²) in [5.41, 5.74) is 4.31. The van der Waals surface area contributed by atoms with Gasteiger partial charge in [-0.3, -0.25) is 0 Å². The summed E-state index contributed by atoms with van der Waals surface area (Å²) in [7, 11) is 1.74. The van der Waals surface area contributed by atoms with E-state index in [2.05, 4.69) is 45.9 Å². The number of rotatable bonds is 4. The minimum atomic E-state index is 0.274. The molecule has 0 saturated carbocycles. The largest absolute Gasteiger partial charge is 0.380 e. The maximum Gasteiger partial charge on any atom is 0.0715 e. The van der Waals surface area contributed by atoms with Gasteiger partial charge in [-0.05, 0) is 35.4 Å². The van der Waals surface area contributed by atoms with Crippen molar-refractivity contribution in [3.8, 4) is 0 Å². The topological polar surface area (TPSA) is 9.23 Å². The number of aryl methyl sites for hydroxylation is 1. The van der Waals surface area contributed by atoms with E-state index >= 15 is 0 Å². The Bertz CT molecular complexity index is 326. The Hall–Kier alpha value is -0.820. The molecule has 0 saturated heterocycles. The molecule has 0 atom stereocenters. The summed E-state index contributed by atoms with van der Waals surface area (Å²) in [6.45, 7) is 9.68. The predicted molar refractivity (Wildman–Crippen MR) is 65.2 cm³/mol. The highest BCUT2D eigenvalue weighted by Crippen LogP contribution is 2.28. The molecule has 0 aliphatic heterocycles. The smallest absolute Gasteiger partial charge is 0.0715 e. The zero-order valence-corrected chi connectivity index (χ0v) is 10.6. The quantitative estimate of drug-likeness (QED) is 0.727. The van der Waals surface area contributed by atoms with Crippen LogP contribution in [0.3, 0.4) is 0 Å². The molecule has 0 heterocycles. The highest BCUT2D eigenvalue weighted by atomic mass is 16.5. The van der Waals surface area contributed by atoms with Crippen LogP contribution in [0, 0.1) is 6.92 Å². The van der Waals surface area contributed by atoms with Gasteiger partial charge in [0, 0.05) is 7.11 Å². The molecule has 1 rings (SSSR count). The van der Waals surface area contributed by atoms with Crippen molar-refractivity contribution in [3.05, 3.63) is 34.9 Å². The number of hydrogen-bond donors (Lipinski definition) is 0. The molecular formula is C14H22O. The molecule has 1 aromatic rings. The molecule has 1 nitrogen and oxygen atoms in total. The minimum absolute atomic E-state index is 0.274. The van der Waals surface area contributed by atoms with Gasteiger partial charge in [0.05, 0.1) is 6.61 Å². The van der Waals surface area contributed by atoms with Crippen LogP contribution in [0.15, 0.2) is 18.2 Å². The third kappa shape index (κ3) is 2.82. The van der Waals surface area contributed by atoms with Crippen LogP contribution >= 0.6 is 0 Å². The van der Waals surface area contributed by atoms with E-state index in [1.54, 1.807) is 7.11 Å². The molecule has 0 N–H and O–H groups in total. The van der Waals surface area contributed by atoms with Gasteiger partial charge < -0.3 is 4.74 Å². The Labute approximate surface area is 93.5 Å². The molecule has 0 amide bonds. The van der Waals surface area contributed by atoms with Crippen LogP contribution in [0.5, 0.6) is 0 Å². The lowest BCUT2D eigenvalue weighted by Crippen LogP contribution is -2.15. The fourth-order valence-electron chi connectivity index (χ4n) is 1.64. The van der Waals surface area contributed by atoms with Crippen molar-refractivity contribution >= 4 is 0 Å². The fraction of sp³-hybridized carbons (Fsp3) is 0.571. The summed E-state index contributed by atoms with van der Waals surface area (Å²) in [5.74, 6) is 0. The van der Waals surface area contributed by atoms with Gasteiger partial charge in [0.1, 0.15) is 0 Å². The van der Waals surface area contributed by atoms with Crippen LogP contribution in [-0.2, 0) is 16.8 Å². The Balaban J connectivity index is 3.01. The first-order chi connectivity index (χ1) is 7.01. The molecule has 0 spiro atoms. The standard InChI is InChI=1S/C14H22O/c1-6-14(3,4)13-8-7-12(10-15-5)11(2)9-13/h7-9H,6,10H2,1-5H3. The van der Waals surface area contributed by atoms with Crippen LogP contribution in [0.1, 0.15) is 43.9 Å². The van der Waals surface area contributed by atoms with Crippen LogP contribution in [0.2, 0.25) is 0 Å². The van der Waals surface area contributed by atoms with E-state index in [0.717, 1.165) is 6.42 Å². The maximum atomic E-state index is 5.16. The highest BCUT2D eigenvalue weighted by molar-refractivity contribution is 5.34. The lowest BCUT2D eigenvalue weighted by Gasteiger charge is -2.24. The molecular weight excluding hydrogens is 184 g/mol. The van der Waals surface area contributed by atoms with Crippen LogP contribution in [-0.4, -0.2) is 7.11 Å². The predicted octanol–water partition coefficient (Wildman–Crippen LogP) is 3.83. The van der Waals surface area contributed by atoms with Crippen molar-refractivity contribution in [2.45, 2.75) is 46.1 Å². The Morgan fingerprint density at radius 1 is 1.27 bits per heavy atom. The molecule has 15 heavy (non-hydrogen) atoms. The van der Waals surface area contributed by atoms with Crippen LogP contribution < -0.4 is 0 Å². The van der Waals surface area contributed by atoms with Gasteiger partial charge >= 0.3 is 0 Å². The molecule has 84 valence electrons. The van der Waals surface area contributed by atoms with E-state index in [0.29, 0.717) is 6.61 Å². The molecule has 0 aromatic heterocycles. The van der Waals surface area contributed by atoms with Crippen molar-refractivity contribution in [3.63, 3.8) is 0 Å². The lowest BCUT2D eigenvalue weighted by atomic mass is 9.81. The molecule has 0 unspecified atom stereocenters. The molecule has 1 aromatic carbocycles. The number of hydrogen-bond acceptors (Lipinski definition) is 1. The third-order valence-corrected chi connectivity index (χ3v) is 3.31. The summed E-state index contributed by atoms with van der Waals surface area (Å²) in [6.07, 6.45) is 1.16. The van der Waals surface area contributed by atoms with E-state index < -0.39 is 0 Å². The van der Waals surface area contributed by atoms with Crippen molar-refractivity contribution < 1.29 is 4.74 Å². The summed E-state index contributed by atoms with van der Waals surface area (Å²) >= 11 is 0. The molecule has 0 bridgehead atoms. The van der Waals surface area contributed by atoms with Crippen molar-refractivity contribution in [1.29, 1.82) is 0 Å². The van der Waals surface area contributed by atoms with E-state index in [1.165, 1.54) is 16.7 Å². The summed E-state index contributed by atoms with van der Waals surface area (Å²) in [4.78, 5) is 0. The summed E-state index contributed by atoms with van der Waals surface area (Å²) < 4.78 is 5.16. The molecule has 1 heteroatoms. The van der Waals surface area contributed by atoms with E-state index in [-0.39, 0.29) is 5.41 Å². The van der Waals surface area contributed by atoms with Gasteiger partial charge in [0.2, 0.25) is 0 Å². The van der Waals surface area contributed by atoms with Gasteiger partial charge in [-0.15, -0.1) is 0 Å². The average molecular weight is 206 g/mol. The number of methoxy groups -OCH3 is 1. The number of benzene rings is 1. The first-order valence-electron chi connectivity index (χ1n) is 5.60. The zero-order valence-electron chi connectivity index (χ0n) is 10.6. The lowest BCUT2D eigenvalue weighted by molar-refractivity contribution is 0.184. The Kier molecular flexibility index (Phi) is 3.92. The first kappa shape index (κ1) is 12.3. The summed E-state index contributed by atoms with van der Waals surface area (Å²) in [5, 5.41) is 0. The van der Waals surface area contributed by atoms with E-state index in [4.69, 9.17) is 4.74 Å². The first-order valence-corrected chi connectivity index (χ1v) is 5.60. The Morgan fingerprint density at radius 3 is 2.40 bits per heavy atom. The normalized spacial score (nSPS) is 11.8. The molecule has 0 aliphatic carbocycles. The van der Waals surface area contributed by atoms with Gasteiger partial charge in [-0.25, -0.2) is 0 Å². The minimum Gasteiger partial charge on any atom is -0.380 e. The fourth-order valence-corrected chi connectivity index (χ4v) is 1.64. The second-order valence-electron chi connectivity index (χ2n) is 4.81. The van der Waals surface area contributed by atoms with Crippen LogP contribution in [0.25, 0.3) is 0 Å². The average Bonchev–Trinajstić information content (AvgIpc) is 2.21. The van der Waals surface area contributed by atoms with Crippen molar-refractivity contribution in [2.75, 3.05) is 7.11 Å². The van der Waals surface area contributed by atoms with Gasteiger partial charge in [-0.2, -0.15) is 0 Å². The third-order valence-electron chi connectivity index (χ3n) is 3.31. The SMILES string of the molecule is CCC(C)(C)c1ccc(COC)c(C)c1. The van der Waals surface area contributed by atoms with Crippen molar-refractivity contribution in [1.82, 2.24) is 0 Å². The second kappa shape index (κ2) is 4.80. The van der Waals surface area contributed by atoms with Crippen molar-refractivity contribution in [2.24, 2.45) is 0 Å². The molecule has 0 fully saturated rings. The molecule has 0 aliphatic rings. The monoisotopic (exact) mass is 206 g/mol. The Morgan fingerprint density at radius 2 is 1.93 bits per heavy atom. The van der Waals surface area contributed by atoms with E-state index in [1.807, 2.05) is 0 Å². The number of ether oxygens (including phenoxy) is 1. The maximum absolute atomic E-state index is 5.16. The highest BCUT2D eigenvalue weighted by Gasteiger charge is 2.18. The zero-order chi connectivity index (χ0) is 11.5.